The lowest BCUT2D eigenvalue weighted by Gasteiger charge is -2.30. The molecule has 2 aromatic heterocycles. The van der Waals surface area contributed by atoms with Crippen molar-refractivity contribution in [3.05, 3.63) is 96.1 Å². The van der Waals surface area contributed by atoms with E-state index in [4.69, 9.17) is 4.99 Å². The van der Waals surface area contributed by atoms with Crippen LogP contribution in [0.3, 0.4) is 0 Å². The summed E-state index contributed by atoms with van der Waals surface area (Å²) >= 11 is 0. The van der Waals surface area contributed by atoms with Gasteiger partial charge in [-0.15, -0.1) is 0 Å². The number of nitrogens with zero attached hydrogens (tertiary/aromatic N) is 4. The van der Waals surface area contributed by atoms with E-state index in [0.717, 1.165) is 44.3 Å². The predicted octanol–water partition coefficient (Wildman–Crippen LogP) is 4.06. The van der Waals surface area contributed by atoms with E-state index in [1.165, 1.54) is 5.56 Å². The summed E-state index contributed by atoms with van der Waals surface area (Å²) in [7, 11) is 0. The van der Waals surface area contributed by atoms with Crippen LogP contribution >= 0.6 is 0 Å². The lowest BCUT2D eigenvalue weighted by Crippen LogP contribution is -2.34. The Kier molecular flexibility index (Phi) is 8.23. The summed E-state index contributed by atoms with van der Waals surface area (Å²) in [4.78, 5) is 25.0. The van der Waals surface area contributed by atoms with Gasteiger partial charge in [-0.1, -0.05) is 30.3 Å². The van der Waals surface area contributed by atoms with E-state index in [0.29, 0.717) is 11.6 Å². The topological polar surface area (TPSA) is 58.5 Å². The first-order valence-electron chi connectivity index (χ1n) is 9.88. The van der Waals surface area contributed by atoms with Gasteiger partial charge in [0.05, 0.1) is 6.04 Å². The molecule has 0 radical (unpaired) electrons. The monoisotopic (exact) mass is 386 g/mol. The Hall–Kier alpha value is -3.18. The number of hydrogen-bond donors (Lipinski definition) is 0. The SMILES string of the molecule is C(=NC1CCN(Cc2ccccc2)CC1)c1ccncc1.O=Cc1ccncc1. The fraction of sp³-hybridized carbons (Fsp3) is 0.250. The molecule has 4 rings (SSSR count). The van der Waals surface area contributed by atoms with E-state index in [1.807, 2.05) is 30.7 Å². The molecular weight excluding hydrogens is 360 g/mol. The third-order valence-electron chi connectivity index (χ3n) is 4.79. The molecule has 3 aromatic rings. The molecule has 0 aliphatic carbocycles. The number of aldehydes is 1. The Morgan fingerprint density at radius 2 is 1.45 bits per heavy atom. The Balaban J connectivity index is 0.000000252. The van der Waals surface area contributed by atoms with Gasteiger partial charge in [0, 0.05) is 56.2 Å². The lowest BCUT2D eigenvalue weighted by molar-refractivity contribution is 0.112. The van der Waals surface area contributed by atoms with Crippen LogP contribution in [-0.4, -0.2) is 46.5 Å². The lowest BCUT2D eigenvalue weighted by atomic mass is 10.0. The highest BCUT2D eigenvalue weighted by Gasteiger charge is 2.17. The van der Waals surface area contributed by atoms with Gasteiger partial charge in [0.25, 0.3) is 0 Å². The quantitative estimate of drug-likeness (QED) is 0.490. The van der Waals surface area contributed by atoms with Gasteiger partial charge < -0.3 is 0 Å². The molecule has 29 heavy (non-hydrogen) atoms. The van der Waals surface area contributed by atoms with Crippen molar-refractivity contribution < 1.29 is 4.79 Å². The van der Waals surface area contributed by atoms with Crippen LogP contribution in [-0.2, 0) is 6.54 Å². The number of carbonyl (C=O) groups is 1. The molecule has 1 aromatic carbocycles. The summed E-state index contributed by atoms with van der Waals surface area (Å²) in [5, 5.41) is 0. The molecule has 0 saturated carbocycles. The molecule has 1 aliphatic heterocycles. The van der Waals surface area contributed by atoms with Crippen molar-refractivity contribution in [2.24, 2.45) is 4.99 Å². The number of aliphatic imine (C=N–C) groups is 1. The summed E-state index contributed by atoms with van der Waals surface area (Å²) in [6, 6.07) is 18.5. The van der Waals surface area contributed by atoms with Gasteiger partial charge in [0.1, 0.15) is 6.29 Å². The highest BCUT2D eigenvalue weighted by molar-refractivity contribution is 5.79. The van der Waals surface area contributed by atoms with E-state index in [-0.39, 0.29) is 0 Å². The average molecular weight is 386 g/mol. The van der Waals surface area contributed by atoms with Gasteiger partial charge in [-0.25, -0.2) is 0 Å². The summed E-state index contributed by atoms with van der Waals surface area (Å²) in [6.45, 7) is 3.32. The van der Waals surface area contributed by atoms with Crippen molar-refractivity contribution in [2.45, 2.75) is 25.4 Å². The van der Waals surface area contributed by atoms with E-state index in [9.17, 15) is 4.79 Å². The standard InChI is InChI=1S/C18H21N3.C6H5NO/c1-2-4-17(5-3-1)15-21-12-8-18(9-13-21)20-14-16-6-10-19-11-7-16;8-5-6-1-3-7-4-2-6/h1-7,10-11,14,18H,8-9,12-13,15H2;1-5H. The summed E-state index contributed by atoms with van der Waals surface area (Å²) in [5.74, 6) is 0. The maximum atomic E-state index is 9.98. The second-order valence-corrected chi connectivity index (χ2v) is 6.95. The van der Waals surface area contributed by atoms with Crippen molar-refractivity contribution in [3.63, 3.8) is 0 Å². The summed E-state index contributed by atoms with van der Waals surface area (Å²) < 4.78 is 0. The van der Waals surface area contributed by atoms with Crippen LogP contribution in [0.2, 0.25) is 0 Å². The minimum Gasteiger partial charge on any atom is -0.299 e. The zero-order valence-corrected chi connectivity index (χ0v) is 16.5. The smallest absolute Gasteiger partial charge is 0.150 e. The Bertz CT molecular complexity index is 861. The first-order chi connectivity index (χ1) is 14.3. The molecule has 1 aliphatic rings. The minimum atomic E-state index is 0.463. The number of rotatable bonds is 5. The van der Waals surface area contributed by atoms with E-state index in [1.54, 1.807) is 24.5 Å². The molecule has 0 spiro atoms. The highest BCUT2D eigenvalue weighted by atomic mass is 16.1. The van der Waals surface area contributed by atoms with Crippen molar-refractivity contribution in [1.82, 2.24) is 14.9 Å². The molecule has 5 nitrogen and oxygen atoms in total. The molecule has 0 atom stereocenters. The van der Waals surface area contributed by atoms with Gasteiger partial charge in [0.15, 0.2) is 0 Å². The van der Waals surface area contributed by atoms with Gasteiger partial charge in [-0.3, -0.25) is 24.7 Å². The van der Waals surface area contributed by atoms with Gasteiger partial charge in [0.2, 0.25) is 0 Å². The molecule has 1 fully saturated rings. The molecule has 0 amide bonds. The first-order valence-corrected chi connectivity index (χ1v) is 9.88. The molecule has 5 heteroatoms. The van der Waals surface area contributed by atoms with Crippen LogP contribution in [0.4, 0.5) is 0 Å². The molecule has 3 heterocycles. The molecule has 0 N–H and O–H groups in total. The van der Waals surface area contributed by atoms with Crippen LogP contribution in [0.5, 0.6) is 0 Å². The average Bonchev–Trinajstić information content (AvgIpc) is 2.81. The number of piperidine rings is 1. The van der Waals surface area contributed by atoms with Crippen molar-refractivity contribution >= 4 is 12.5 Å². The Morgan fingerprint density at radius 3 is 2.00 bits per heavy atom. The minimum absolute atomic E-state index is 0.463. The summed E-state index contributed by atoms with van der Waals surface area (Å²) in [6.07, 6.45) is 11.9. The highest BCUT2D eigenvalue weighted by Crippen LogP contribution is 2.16. The van der Waals surface area contributed by atoms with Crippen molar-refractivity contribution in [3.8, 4) is 0 Å². The molecule has 0 bridgehead atoms. The summed E-state index contributed by atoms with van der Waals surface area (Å²) in [5.41, 5.74) is 3.20. The Labute approximate surface area is 172 Å². The second-order valence-electron chi connectivity index (χ2n) is 6.95. The van der Waals surface area contributed by atoms with Gasteiger partial charge in [-0.2, -0.15) is 0 Å². The predicted molar refractivity (Wildman–Crippen MR) is 116 cm³/mol. The third kappa shape index (κ3) is 7.39. The number of benzene rings is 1. The van der Waals surface area contributed by atoms with Gasteiger partial charge in [-0.05, 0) is 48.2 Å². The molecule has 1 saturated heterocycles. The fourth-order valence-corrected chi connectivity index (χ4v) is 3.15. The van der Waals surface area contributed by atoms with Crippen molar-refractivity contribution in [2.75, 3.05) is 13.1 Å². The van der Waals surface area contributed by atoms with Gasteiger partial charge >= 0.3 is 0 Å². The Morgan fingerprint density at radius 1 is 0.862 bits per heavy atom. The molecule has 148 valence electrons. The van der Waals surface area contributed by atoms with Crippen molar-refractivity contribution in [1.29, 1.82) is 0 Å². The number of pyridine rings is 2. The number of carbonyl (C=O) groups excluding carboxylic acids is 1. The normalized spacial score (nSPS) is 14.9. The van der Waals surface area contributed by atoms with Crippen LogP contribution in [0.15, 0.2) is 84.4 Å². The first kappa shape index (κ1) is 20.6. The molecule has 0 unspecified atom stereocenters. The van der Waals surface area contributed by atoms with E-state index < -0.39 is 0 Å². The maximum Gasteiger partial charge on any atom is 0.150 e. The van der Waals surface area contributed by atoms with E-state index in [2.05, 4.69) is 45.2 Å². The van der Waals surface area contributed by atoms with Crippen LogP contribution in [0.1, 0.15) is 34.3 Å². The number of aromatic nitrogens is 2. The maximum absolute atomic E-state index is 9.98. The molecular formula is C24H26N4O. The third-order valence-corrected chi connectivity index (χ3v) is 4.79. The van der Waals surface area contributed by atoms with Crippen LogP contribution < -0.4 is 0 Å². The zero-order valence-electron chi connectivity index (χ0n) is 16.5. The number of likely N-dealkylation sites (tertiary alicyclic amines) is 1. The van der Waals surface area contributed by atoms with E-state index >= 15 is 0 Å². The fourth-order valence-electron chi connectivity index (χ4n) is 3.15. The largest absolute Gasteiger partial charge is 0.299 e. The van der Waals surface area contributed by atoms with Crippen LogP contribution in [0.25, 0.3) is 0 Å². The second kappa shape index (κ2) is 11.6. The van der Waals surface area contributed by atoms with Crippen LogP contribution in [0, 0.1) is 0 Å². The number of hydrogen-bond acceptors (Lipinski definition) is 5. The zero-order chi connectivity index (χ0) is 20.2.